The van der Waals surface area contributed by atoms with Gasteiger partial charge < -0.3 is 9.84 Å². The Morgan fingerprint density at radius 1 is 1.24 bits per heavy atom. The fourth-order valence-electron chi connectivity index (χ4n) is 3.08. The van der Waals surface area contributed by atoms with Gasteiger partial charge in [0, 0.05) is 5.75 Å². The van der Waals surface area contributed by atoms with Gasteiger partial charge in [0.2, 0.25) is 0 Å². The molecular weight excluding hydrogens is 388 g/mol. The summed E-state index contributed by atoms with van der Waals surface area (Å²) in [5.74, 6) is 0.161. The predicted octanol–water partition coefficient (Wildman–Crippen LogP) is 3.47. The molecule has 7 heteroatoms. The van der Waals surface area contributed by atoms with Crippen LogP contribution in [0.15, 0.2) is 46.3 Å². The van der Waals surface area contributed by atoms with Crippen LogP contribution in [0.2, 0.25) is 0 Å². The molecule has 0 unspecified atom stereocenters. The molecule has 0 aliphatic rings. The Balaban J connectivity index is 2.07. The van der Waals surface area contributed by atoms with Crippen LogP contribution in [0.3, 0.4) is 0 Å². The Bertz CT molecular complexity index is 1120. The number of hydrogen-bond acceptors (Lipinski definition) is 6. The summed E-state index contributed by atoms with van der Waals surface area (Å²) >= 11 is 1.44. The van der Waals surface area contributed by atoms with Crippen LogP contribution in [0.4, 0.5) is 0 Å². The van der Waals surface area contributed by atoms with E-state index in [-0.39, 0.29) is 12.1 Å². The molecule has 1 heterocycles. The van der Waals surface area contributed by atoms with Gasteiger partial charge in [-0.25, -0.2) is 9.78 Å². The molecule has 1 N–H and O–H groups in total. The van der Waals surface area contributed by atoms with E-state index in [1.807, 2.05) is 6.92 Å². The summed E-state index contributed by atoms with van der Waals surface area (Å²) in [6.45, 7) is 5.88. The maximum atomic E-state index is 13.1. The second kappa shape index (κ2) is 8.80. The minimum absolute atomic E-state index is 0.148. The normalized spacial score (nSPS) is 12.2. The van der Waals surface area contributed by atoms with Crippen LogP contribution >= 0.6 is 11.8 Å². The van der Waals surface area contributed by atoms with Crippen molar-refractivity contribution < 1.29 is 14.6 Å². The van der Waals surface area contributed by atoms with Gasteiger partial charge in [0.25, 0.3) is 5.56 Å². The van der Waals surface area contributed by atoms with Gasteiger partial charge >= 0.3 is 5.97 Å². The third-order valence-electron chi connectivity index (χ3n) is 4.65. The van der Waals surface area contributed by atoms with E-state index < -0.39 is 12.1 Å². The fourth-order valence-corrected chi connectivity index (χ4v) is 4.15. The lowest BCUT2D eigenvalue weighted by Gasteiger charge is -2.15. The summed E-state index contributed by atoms with van der Waals surface area (Å²) in [5.41, 5.74) is 4.03. The number of methoxy groups -OCH3 is 1. The number of thioether (sulfide) groups is 1. The molecule has 29 heavy (non-hydrogen) atoms. The summed E-state index contributed by atoms with van der Waals surface area (Å²) in [6.07, 6.45) is -0.693. The molecule has 0 amide bonds. The number of aliphatic hydroxyl groups excluding tert-OH is 1. The van der Waals surface area contributed by atoms with E-state index in [1.54, 1.807) is 25.1 Å². The number of aliphatic hydroxyl groups is 1. The van der Waals surface area contributed by atoms with Crippen LogP contribution in [-0.4, -0.2) is 33.8 Å². The topological polar surface area (TPSA) is 81.4 Å². The van der Waals surface area contributed by atoms with Gasteiger partial charge in [0.15, 0.2) is 5.16 Å². The SMILES string of the molecule is COC(=O)c1ccc2c(=O)n(C[C@@H](C)O)c(SCc3cc(C)ccc3C)nc2c1. The zero-order valence-corrected chi connectivity index (χ0v) is 17.7. The van der Waals surface area contributed by atoms with Crippen LogP contribution in [-0.2, 0) is 17.0 Å². The summed E-state index contributed by atoms with van der Waals surface area (Å²) in [7, 11) is 1.31. The van der Waals surface area contributed by atoms with Crippen molar-refractivity contribution in [1.82, 2.24) is 9.55 Å². The molecule has 152 valence electrons. The number of ether oxygens (including phenoxy) is 1. The second-order valence-corrected chi connectivity index (χ2v) is 8.04. The Morgan fingerprint density at radius 2 is 2.00 bits per heavy atom. The van der Waals surface area contributed by atoms with E-state index in [9.17, 15) is 14.7 Å². The smallest absolute Gasteiger partial charge is 0.337 e. The van der Waals surface area contributed by atoms with Crippen molar-refractivity contribution in [2.75, 3.05) is 7.11 Å². The highest BCUT2D eigenvalue weighted by Gasteiger charge is 2.16. The largest absolute Gasteiger partial charge is 0.465 e. The highest BCUT2D eigenvalue weighted by Crippen LogP contribution is 2.25. The number of carbonyl (C=O) groups excluding carboxylic acids is 1. The lowest BCUT2D eigenvalue weighted by Crippen LogP contribution is -2.28. The van der Waals surface area contributed by atoms with E-state index in [0.717, 1.165) is 5.56 Å². The highest BCUT2D eigenvalue weighted by atomic mass is 32.2. The summed E-state index contributed by atoms with van der Waals surface area (Å²) in [5, 5.41) is 10.8. The number of esters is 1. The first-order valence-corrected chi connectivity index (χ1v) is 10.3. The Kier molecular flexibility index (Phi) is 6.39. The Hall–Kier alpha value is -2.64. The van der Waals surface area contributed by atoms with Gasteiger partial charge in [0.1, 0.15) is 0 Å². The molecule has 0 aliphatic heterocycles. The molecular formula is C22H24N2O4S. The monoisotopic (exact) mass is 412 g/mol. The highest BCUT2D eigenvalue weighted by molar-refractivity contribution is 7.98. The Morgan fingerprint density at radius 3 is 2.69 bits per heavy atom. The molecule has 0 radical (unpaired) electrons. The third kappa shape index (κ3) is 4.68. The zero-order valence-electron chi connectivity index (χ0n) is 16.9. The number of rotatable bonds is 6. The second-order valence-electron chi connectivity index (χ2n) is 7.10. The number of aromatic nitrogens is 2. The molecule has 1 aromatic heterocycles. The average molecular weight is 413 g/mol. The van der Waals surface area contributed by atoms with Crippen molar-refractivity contribution in [2.24, 2.45) is 0 Å². The summed E-state index contributed by atoms with van der Waals surface area (Å²) in [4.78, 5) is 29.5. The predicted molar refractivity (Wildman–Crippen MR) is 115 cm³/mol. The molecule has 2 aromatic carbocycles. The van der Waals surface area contributed by atoms with E-state index >= 15 is 0 Å². The molecule has 0 spiro atoms. The van der Waals surface area contributed by atoms with Crippen LogP contribution in [0.5, 0.6) is 0 Å². The first kappa shape index (κ1) is 21.1. The van der Waals surface area contributed by atoms with Crippen molar-refractivity contribution in [3.63, 3.8) is 0 Å². The van der Waals surface area contributed by atoms with Crippen molar-refractivity contribution in [3.05, 3.63) is 69.0 Å². The van der Waals surface area contributed by atoms with E-state index in [1.165, 1.54) is 34.6 Å². The van der Waals surface area contributed by atoms with Crippen molar-refractivity contribution in [3.8, 4) is 0 Å². The quantitative estimate of drug-likeness (QED) is 0.379. The number of fused-ring (bicyclic) bond motifs is 1. The number of hydrogen-bond donors (Lipinski definition) is 1. The Labute approximate surface area is 173 Å². The van der Waals surface area contributed by atoms with Crippen molar-refractivity contribution in [1.29, 1.82) is 0 Å². The molecule has 0 aliphatic carbocycles. The summed E-state index contributed by atoms with van der Waals surface area (Å²) < 4.78 is 6.26. The lowest BCUT2D eigenvalue weighted by molar-refractivity contribution is 0.0601. The number of benzene rings is 2. The van der Waals surface area contributed by atoms with E-state index in [0.29, 0.717) is 27.4 Å². The first-order valence-electron chi connectivity index (χ1n) is 9.30. The fraction of sp³-hybridized carbons (Fsp3) is 0.318. The molecule has 3 aromatic rings. The van der Waals surface area contributed by atoms with Gasteiger partial charge in [-0.05, 0) is 50.1 Å². The molecule has 1 atom stereocenters. The zero-order chi connectivity index (χ0) is 21.1. The summed E-state index contributed by atoms with van der Waals surface area (Å²) in [6, 6.07) is 11.0. The van der Waals surface area contributed by atoms with E-state index in [2.05, 4.69) is 30.1 Å². The molecule has 0 saturated carbocycles. The van der Waals surface area contributed by atoms with Gasteiger partial charge in [-0.3, -0.25) is 9.36 Å². The third-order valence-corrected chi connectivity index (χ3v) is 5.67. The van der Waals surface area contributed by atoms with Crippen LogP contribution in [0.25, 0.3) is 10.9 Å². The maximum absolute atomic E-state index is 13.1. The average Bonchev–Trinajstić information content (AvgIpc) is 2.69. The minimum Gasteiger partial charge on any atom is -0.465 e. The molecule has 0 fully saturated rings. The van der Waals surface area contributed by atoms with Crippen molar-refractivity contribution in [2.45, 2.75) is 44.3 Å². The number of carbonyl (C=O) groups is 1. The minimum atomic E-state index is -0.693. The van der Waals surface area contributed by atoms with Crippen molar-refractivity contribution >= 4 is 28.6 Å². The van der Waals surface area contributed by atoms with E-state index in [4.69, 9.17) is 4.74 Å². The molecule has 3 rings (SSSR count). The number of aryl methyl sites for hydroxylation is 2. The molecule has 0 saturated heterocycles. The van der Waals surface area contributed by atoms with Gasteiger partial charge in [-0.1, -0.05) is 35.5 Å². The lowest BCUT2D eigenvalue weighted by atomic mass is 10.1. The first-order chi connectivity index (χ1) is 13.8. The van der Waals surface area contributed by atoms with Crippen LogP contribution < -0.4 is 5.56 Å². The molecule has 0 bridgehead atoms. The van der Waals surface area contributed by atoms with Gasteiger partial charge in [-0.15, -0.1) is 0 Å². The number of nitrogens with zero attached hydrogens (tertiary/aromatic N) is 2. The van der Waals surface area contributed by atoms with Gasteiger partial charge in [-0.2, -0.15) is 0 Å². The van der Waals surface area contributed by atoms with Gasteiger partial charge in [0.05, 0.1) is 36.2 Å². The maximum Gasteiger partial charge on any atom is 0.337 e. The molecule has 6 nitrogen and oxygen atoms in total. The van der Waals surface area contributed by atoms with Crippen LogP contribution in [0.1, 0.15) is 34.0 Å². The van der Waals surface area contributed by atoms with Crippen LogP contribution in [0, 0.1) is 13.8 Å². The standard InChI is InChI=1S/C22H24N2O4S/c1-13-5-6-14(2)17(9-13)12-29-22-23-19-10-16(21(27)28-4)7-8-18(19)20(26)24(22)11-15(3)25/h5-10,15,25H,11-12H2,1-4H3/t15-/m1/s1.